The van der Waals surface area contributed by atoms with Crippen molar-refractivity contribution < 1.29 is 37.3 Å². The molecular weight excluding hydrogens is 260 g/mol. The maximum atomic E-state index is 12.4. The molecule has 108 valence electrons. The summed E-state index contributed by atoms with van der Waals surface area (Å²) in [5.41, 5.74) is 0. The molecule has 0 aliphatic rings. The minimum atomic E-state index is -3.34. The van der Waals surface area contributed by atoms with Crippen molar-refractivity contribution in [2.75, 3.05) is 6.61 Å². The second kappa shape index (κ2) is 12.2. The van der Waals surface area contributed by atoms with Gasteiger partial charge in [-0.3, -0.25) is 0 Å². The van der Waals surface area contributed by atoms with E-state index in [0.717, 1.165) is 12.8 Å². The first-order valence-electron chi connectivity index (χ1n) is 5.07. The van der Waals surface area contributed by atoms with E-state index in [-0.39, 0.29) is 6.61 Å². The Kier molecular flexibility index (Phi) is 12.9. The van der Waals surface area contributed by atoms with Gasteiger partial charge in [-0.05, 0) is 6.42 Å². The summed E-state index contributed by atoms with van der Waals surface area (Å²) in [7, 11) is 0. The van der Waals surface area contributed by atoms with E-state index >= 15 is 0 Å². The van der Waals surface area contributed by atoms with Gasteiger partial charge < -0.3 is 14.9 Å². The molecule has 0 saturated carbocycles. The zero-order valence-corrected chi connectivity index (χ0v) is 9.73. The predicted octanol–water partition coefficient (Wildman–Crippen LogP) is 3.48. The Labute approximate surface area is 102 Å². The van der Waals surface area contributed by atoms with Gasteiger partial charge in [0.25, 0.3) is 6.43 Å². The minimum Gasteiger partial charge on any atom is -0.450 e. The van der Waals surface area contributed by atoms with Crippen LogP contribution in [-0.2, 0) is 4.74 Å². The summed E-state index contributed by atoms with van der Waals surface area (Å²) in [6, 6.07) is 0. The molecule has 4 nitrogen and oxygen atoms in total. The maximum absolute atomic E-state index is 12.4. The number of carboxylic acid groups (broad SMARTS) is 2. The number of ether oxygens (including phenoxy) is 1. The number of allylic oxidation sites excluding steroid dienone is 1. The van der Waals surface area contributed by atoms with Crippen LogP contribution in [-0.4, -0.2) is 41.9 Å². The normalized spacial score (nSPS) is 14.1. The number of unbranched alkanes of at least 4 members (excludes halogenated alkanes) is 1. The van der Waals surface area contributed by atoms with Gasteiger partial charge in [-0.1, -0.05) is 25.5 Å². The van der Waals surface area contributed by atoms with Gasteiger partial charge in [0.2, 0.25) is 12.5 Å². The van der Waals surface area contributed by atoms with E-state index in [0.29, 0.717) is 0 Å². The molecule has 2 N–H and O–H groups in total. The third-order valence-electron chi connectivity index (χ3n) is 1.46. The number of halogens is 4. The maximum Gasteiger partial charge on any atom is 0.503 e. The van der Waals surface area contributed by atoms with Crippen LogP contribution >= 0.6 is 0 Å². The van der Waals surface area contributed by atoms with Crippen molar-refractivity contribution in [3.8, 4) is 0 Å². The van der Waals surface area contributed by atoms with Gasteiger partial charge in [-0.15, -0.1) is 0 Å². The summed E-state index contributed by atoms with van der Waals surface area (Å²) in [6.07, 6.45) is -5.66. The lowest BCUT2D eigenvalue weighted by Crippen LogP contribution is -2.27. The van der Waals surface area contributed by atoms with Gasteiger partial charge in [0.05, 0.1) is 6.61 Å². The number of rotatable bonds is 7. The van der Waals surface area contributed by atoms with Crippen molar-refractivity contribution in [3.05, 3.63) is 12.2 Å². The van der Waals surface area contributed by atoms with E-state index in [2.05, 4.69) is 4.74 Å². The van der Waals surface area contributed by atoms with E-state index in [1.54, 1.807) is 6.08 Å². The molecule has 0 aliphatic carbocycles. The van der Waals surface area contributed by atoms with Crippen LogP contribution in [0.5, 0.6) is 0 Å². The van der Waals surface area contributed by atoms with E-state index < -0.39 is 25.1 Å². The Morgan fingerprint density at radius 1 is 1.22 bits per heavy atom. The summed E-state index contributed by atoms with van der Waals surface area (Å²) in [5, 5.41) is 13.9. The van der Waals surface area contributed by atoms with Gasteiger partial charge >= 0.3 is 6.16 Å². The van der Waals surface area contributed by atoms with Crippen LogP contribution in [0.3, 0.4) is 0 Å². The smallest absolute Gasteiger partial charge is 0.450 e. The van der Waals surface area contributed by atoms with E-state index in [1.165, 1.54) is 6.08 Å². The molecule has 0 fully saturated rings. The largest absolute Gasteiger partial charge is 0.503 e. The van der Waals surface area contributed by atoms with Crippen molar-refractivity contribution in [2.24, 2.45) is 0 Å². The van der Waals surface area contributed by atoms with Gasteiger partial charge in [0, 0.05) is 0 Å². The second-order valence-corrected chi connectivity index (χ2v) is 3.01. The first-order chi connectivity index (χ1) is 8.32. The van der Waals surface area contributed by atoms with Gasteiger partial charge in [0.1, 0.15) is 0 Å². The summed E-state index contributed by atoms with van der Waals surface area (Å²) < 4.78 is 52.1. The Hall–Kier alpha value is -1.31. The lowest BCUT2D eigenvalue weighted by molar-refractivity contribution is -0.120. The standard InChI is InChI=1S/C9H14F4O.CH2O3/c1-2-3-4-5-6-14-9(13)7(10)8(11)12;2-1(3)4/h4-5,7-9H,2-3,6H2,1H3;(H2,2,3,4). The Morgan fingerprint density at radius 3 is 2.11 bits per heavy atom. The molecule has 0 aromatic heterocycles. The molecule has 0 rings (SSSR count). The third kappa shape index (κ3) is 14.7. The fourth-order valence-electron chi connectivity index (χ4n) is 0.706. The first kappa shape index (κ1) is 19.0. The van der Waals surface area contributed by atoms with Crippen LogP contribution < -0.4 is 0 Å². The van der Waals surface area contributed by atoms with E-state index in [9.17, 15) is 17.6 Å². The van der Waals surface area contributed by atoms with Crippen molar-refractivity contribution in [1.82, 2.24) is 0 Å². The molecule has 0 bridgehead atoms. The molecule has 2 unspecified atom stereocenters. The Bertz CT molecular complexity index is 232. The molecule has 0 saturated heterocycles. The lowest BCUT2D eigenvalue weighted by Gasteiger charge is -2.11. The van der Waals surface area contributed by atoms with Crippen LogP contribution in [0.25, 0.3) is 0 Å². The molecule has 0 aliphatic heterocycles. The highest BCUT2D eigenvalue weighted by Gasteiger charge is 2.29. The van der Waals surface area contributed by atoms with Crippen LogP contribution in [0, 0.1) is 0 Å². The van der Waals surface area contributed by atoms with Gasteiger partial charge in [0.15, 0.2) is 0 Å². The molecule has 2 atom stereocenters. The molecule has 0 aromatic carbocycles. The fraction of sp³-hybridized carbons (Fsp3) is 0.700. The van der Waals surface area contributed by atoms with E-state index in [4.69, 9.17) is 15.0 Å². The predicted molar refractivity (Wildman–Crippen MR) is 56.4 cm³/mol. The highest BCUT2D eigenvalue weighted by molar-refractivity contribution is 5.53. The average molecular weight is 276 g/mol. The lowest BCUT2D eigenvalue weighted by atomic mass is 10.3. The molecular formula is C10H16F4O4. The molecule has 0 radical (unpaired) electrons. The van der Waals surface area contributed by atoms with Crippen molar-refractivity contribution in [2.45, 2.75) is 38.7 Å². The van der Waals surface area contributed by atoms with Crippen LogP contribution in [0.1, 0.15) is 19.8 Å². The number of carbonyl (C=O) groups is 1. The molecule has 8 heteroatoms. The third-order valence-corrected chi connectivity index (χ3v) is 1.46. The molecule has 0 spiro atoms. The summed E-state index contributed by atoms with van der Waals surface area (Å²) in [4.78, 5) is 8.56. The summed E-state index contributed by atoms with van der Waals surface area (Å²) in [6.45, 7) is 1.77. The average Bonchev–Trinajstić information content (AvgIpc) is 2.26. The molecule has 0 heterocycles. The Morgan fingerprint density at radius 2 is 1.72 bits per heavy atom. The van der Waals surface area contributed by atoms with Crippen molar-refractivity contribution >= 4 is 6.16 Å². The number of alkyl halides is 4. The number of hydrogen-bond acceptors (Lipinski definition) is 2. The zero-order chi connectivity index (χ0) is 14.6. The highest BCUT2D eigenvalue weighted by Crippen LogP contribution is 2.14. The van der Waals surface area contributed by atoms with Crippen LogP contribution in [0.4, 0.5) is 22.4 Å². The summed E-state index contributed by atoms with van der Waals surface area (Å²) in [5.74, 6) is 0. The summed E-state index contributed by atoms with van der Waals surface area (Å²) >= 11 is 0. The minimum absolute atomic E-state index is 0.186. The molecule has 0 aromatic rings. The molecule has 0 amide bonds. The van der Waals surface area contributed by atoms with Crippen molar-refractivity contribution in [3.63, 3.8) is 0 Å². The number of hydrogen-bond donors (Lipinski definition) is 2. The van der Waals surface area contributed by atoms with Gasteiger partial charge in [-0.2, -0.15) is 0 Å². The zero-order valence-electron chi connectivity index (χ0n) is 9.73. The second-order valence-electron chi connectivity index (χ2n) is 3.01. The van der Waals surface area contributed by atoms with Crippen LogP contribution in [0.15, 0.2) is 12.2 Å². The quantitative estimate of drug-likeness (QED) is 0.552. The first-order valence-corrected chi connectivity index (χ1v) is 5.07. The van der Waals surface area contributed by atoms with Gasteiger partial charge in [-0.25, -0.2) is 22.4 Å². The Balaban J connectivity index is 0. The fourth-order valence-corrected chi connectivity index (χ4v) is 0.706. The topological polar surface area (TPSA) is 66.8 Å². The monoisotopic (exact) mass is 276 g/mol. The van der Waals surface area contributed by atoms with E-state index in [1.807, 2.05) is 6.92 Å². The molecule has 18 heavy (non-hydrogen) atoms. The van der Waals surface area contributed by atoms with Crippen molar-refractivity contribution in [1.29, 1.82) is 0 Å². The highest BCUT2D eigenvalue weighted by atomic mass is 19.3. The van der Waals surface area contributed by atoms with Crippen LogP contribution in [0.2, 0.25) is 0 Å². The SMILES string of the molecule is CCCC=CCOC(F)C(F)C(F)F.O=C(O)O.